The number of esters is 1. The molecule has 0 fully saturated rings. The van der Waals surface area contributed by atoms with Crippen molar-refractivity contribution >= 4 is 23.3 Å². The summed E-state index contributed by atoms with van der Waals surface area (Å²) in [4.78, 5) is 22.5. The van der Waals surface area contributed by atoms with Crippen molar-refractivity contribution in [2.24, 2.45) is 0 Å². The maximum atomic E-state index is 12.0. The van der Waals surface area contributed by atoms with E-state index in [1.54, 1.807) is 31.2 Å². The zero-order chi connectivity index (χ0) is 16.8. The summed E-state index contributed by atoms with van der Waals surface area (Å²) < 4.78 is 10.3. The number of nitrogens with zero attached hydrogens (tertiary/aromatic N) is 1. The monoisotopic (exact) mass is 335 g/mol. The van der Waals surface area contributed by atoms with Crippen molar-refractivity contribution in [1.29, 1.82) is 0 Å². The fourth-order valence-electron chi connectivity index (χ4n) is 1.88. The summed E-state index contributed by atoms with van der Waals surface area (Å²) >= 11 is 5.77. The number of halogens is 1. The fraction of sp³-hybridized carbons (Fsp3) is 0.188. The zero-order valence-electron chi connectivity index (χ0n) is 12.3. The Bertz CT molecular complexity index is 715. The maximum Gasteiger partial charge on any atom is 0.338 e. The van der Waals surface area contributed by atoms with Crippen molar-refractivity contribution in [3.05, 3.63) is 68.7 Å². The summed E-state index contributed by atoms with van der Waals surface area (Å²) in [7, 11) is 0. The van der Waals surface area contributed by atoms with Gasteiger partial charge in [0.2, 0.25) is 0 Å². The second-order valence-corrected chi connectivity index (χ2v) is 5.01. The van der Waals surface area contributed by atoms with Gasteiger partial charge in [-0.15, -0.1) is 0 Å². The molecular weight excluding hydrogens is 322 g/mol. The van der Waals surface area contributed by atoms with Gasteiger partial charge in [0.1, 0.15) is 6.61 Å². The normalized spacial score (nSPS) is 10.2. The highest BCUT2D eigenvalue weighted by Crippen LogP contribution is 2.28. The van der Waals surface area contributed by atoms with E-state index in [4.69, 9.17) is 21.1 Å². The molecule has 2 rings (SSSR count). The van der Waals surface area contributed by atoms with Gasteiger partial charge in [0.15, 0.2) is 5.75 Å². The Hall–Kier alpha value is -2.60. The first-order valence-electron chi connectivity index (χ1n) is 6.84. The third-order valence-corrected chi connectivity index (χ3v) is 3.23. The summed E-state index contributed by atoms with van der Waals surface area (Å²) in [6.45, 7) is 2.07. The molecule has 0 radical (unpaired) electrons. The number of nitro benzene ring substituents is 1. The Balaban J connectivity index is 2.11. The Kier molecular flexibility index (Phi) is 5.54. The van der Waals surface area contributed by atoms with E-state index in [1.807, 2.05) is 0 Å². The van der Waals surface area contributed by atoms with Crippen LogP contribution in [0.25, 0.3) is 0 Å². The summed E-state index contributed by atoms with van der Waals surface area (Å²) in [5.41, 5.74) is 0.588. The van der Waals surface area contributed by atoms with Gasteiger partial charge in [-0.2, -0.15) is 0 Å². The van der Waals surface area contributed by atoms with Crippen molar-refractivity contribution < 1.29 is 19.2 Å². The zero-order valence-corrected chi connectivity index (χ0v) is 13.1. The van der Waals surface area contributed by atoms with Crippen LogP contribution in [-0.2, 0) is 11.3 Å². The first-order valence-corrected chi connectivity index (χ1v) is 7.22. The summed E-state index contributed by atoms with van der Waals surface area (Å²) in [6.07, 6.45) is 0. The lowest BCUT2D eigenvalue weighted by molar-refractivity contribution is -0.385. The molecule has 0 aliphatic heterocycles. The summed E-state index contributed by atoms with van der Waals surface area (Å²) in [5.74, 6) is -0.530. The Labute approximate surface area is 137 Å². The topological polar surface area (TPSA) is 78.7 Å². The van der Waals surface area contributed by atoms with Crippen LogP contribution in [-0.4, -0.2) is 17.5 Å². The number of hydrogen-bond donors (Lipinski definition) is 0. The van der Waals surface area contributed by atoms with E-state index in [0.29, 0.717) is 11.6 Å². The number of carbonyl (C=O) groups excluding carboxylic acids is 1. The quantitative estimate of drug-likeness (QED) is 0.453. The third kappa shape index (κ3) is 4.43. The molecule has 0 heterocycles. The van der Waals surface area contributed by atoms with Crippen LogP contribution < -0.4 is 4.74 Å². The average Bonchev–Trinajstić information content (AvgIpc) is 2.54. The lowest BCUT2D eigenvalue weighted by Gasteiger charge is -2.07. The van der Waals surface area contributed by atoms with Crippen LogP contribution in [0.5, 0.6) is 5.75 Å². The molecule has 2 aromatic carbocycles. The predicted octanol–water partition coefficient (Wildman–Crippen LogP) is 4.00. The molecule has 0 saturated heterocycles. The smallest absolute Gasteiger partial charge is 0.338 e. The molecule has 0 spiro atoms. The lowest BCUT2D eigenvalue weighted by Crippen LogP contribution is -2.06. The minimum Gasteiger partial charge on any atom is -0.487 e. The largest absolute Gasteiger partial charge is 0.487 e. The minimum absolute atomic E-state index is 0.0526. The maximum absolute atomic E-state index is 12.0. The summed E-state index contributed by atoms with van der Waals surface area (Å²) in [6, 6.07) is 10.8. The van der Waals surface area contributed by atoms with Gasteiger partial charge >= 0.3 is 11.7 Å². The first-order chi connectivity index (χ1) is 11.0. The molecule has 7 heteroatoms. The molecule has 2 aromatic rings. The Morgan fingerprint density at radius 3 is 2.52 bits per heavy atom. The van der Waals surface area contributed by atoms with Gasteiger partial charge in [-0.05, 0) is 36.8 Å². The molecule has 0 bridgehead atoms. The molecule has 0 aromatic heterocycles. The molecule has 0 N–H and O–H groups in total. The number of nitro groups is 1. The number of rotatable bonds is 6. The van der Waals surface area contributed by atoms with E-state index in [1.165, 1.54) is 12.1 Å². The first kappa shape index (κ1) is 16.8. The van der Waals surface area contributed by atoms with Crippen LogP contribution in [0.1, 0.15) is 22.8 Å². The van der Waals surface area contributed by atoms with E-state index in [-0.39, 0.29) is 23.6 Å². The molecular formula is C16H14ClNO5. The van der Waals surface area contributed by atoms with Crippen molar-refractivity contribution in [3.8, 4) is 5.75 Å². The van der Waals surface area contributed by atoms with Gasteiger partial charge in [0.05, 0.1) is 17.1 Å². The molecule has 0 atom stereocenters. The SMILES string of the molecule is CCOc1ccc(C(=O)OCc2ccc(Cl)cc2)cc1[N+](=O)[O-]. The Morgan fingerprint density at radius 1 is 1.22 bits per heavy atom. The molecule has 0 aliphatic rings. The standard InChI is InChI=1S/C16H14ClNO5/c1-2-22-15-8-5-12(9-14(15)18(20)21)16(19)23-10-11-3-6-13(17)7-4-11/h3-9H,2,10H2,1H3. The molecule has 0 aliphatic carbocycles. The molecule has 23 heavy (non-hydrogen) atoms. The van der Waals surface area contributed by atoms with Crippen LogP contribution in [0.2, 0.25) is 5.02 Å². The highest BCUT2D eigenvalue weighted by Gasteiger charge is 2.19. The van der Waals surface area contributed by atoms with Crippen molar-refractivity contribution in [2.45, 2.75) is 13.5 Å². The highest BCUT2D eigenvalue weighted by molar-refractivity contribution is 6.30. The van der Waals surface area contributed by atoms with E-state index in [9.17, 15) is 14.9 Å². The number of carbonyl (C=O) groups is 1. The van der Waals surface area contributed by atoms with Gasteiger partial charge in [-0.3, -0.25) is 10.1 Å². The molecule has 120 valence electrons. The Morgan fingerprint density at radius 2 is 1.91 bits per heavy atom. The van der Waals surface area contributed by atoms with Gasteiger partial charge in [-0.25, -0.2) is 4.79 Å². The highest BCUT2D eigenvalue weighted by atomic mass is 35.5. The van der Waals surface area contributed by atoms with Crippen LogP contribution in [0.3, 0.4) is 0 Å². The molecule has 0 amide bonds. The molecule has 6 nitrogen and oxygen atoms in total. The van der Waals surface area contributed by atoms with E-state index in [2.05, 4.69) is 0 Å². The summed E-state index contributed by atoms with van der Waals surface area (Å²) in [5, 5.41) is 11.6. The van der Waals surface area contributed by atoms with Gasteiger partial charge in [0, 0.05) is 11.1 Å². The van der Waals surface area contributed by atoms with Crippen molar-refractivity contribution in [2.75, 3.05) is 6.61 Å². The van der Waals surface area contributed by atoms with Gasteiger partial charge in [-0.1, -0.05) is 23.7 Å². The number of ether oxygens (including phenoxy) is 2. The second kappa shape index (κ2) is 7.60. The number of hydrogen-bond acceptors (Lipinski definition) is 5. The van der Waals surface area contributed by atoms with Crippen molar-refractivity contribution in [3.63, 3.8) is 0 Å². The second-order valence-electron chi connectivity index (χ2n) is 4.58. The average molecular weight is 336 g/mol. The molecule has 0 unspecified atom stereocenters. The van der Waals surface area contributed by atoms with E-state index < -0.39 is 10.9 Å². The van der Waals surface area contributed by atoms with Crippen LogP contribution >= 0.6 is 11.6 Å². The fourth-order valence-corrected chi connectivity index (χ4v) is 2.00. The van der Waals surface area contributed by atoms with Crippen molar-refractivity contribution in [1.82, 2.24) is 0 Å². The third-order valence-electron chi connectivity index (χ3n) is 2.97. The number of benzene rings is 2. The van der Waals surface area contributed by atoms with Crippen LogP contribution in [0.4, 0.5) is 5.69 Å². The van der Waals surface area contributed by atoms with Crippen LogP contribution in [0.15, 0.2) is 42.5 Å². The minimum atomic E-state index is -0.647. The van der Waals surface area contributed by atoms with Gasteiger partial charge < -0.3 is 9.47 Å². The lowest BCUT2D eigenvalue weighted by atomic mass is 10.2. The van der Waals surface area contributed by atoms with E-state index >= 15 is 0 Å². The molecule has 0 saturated carbocycles. The van der Waals surface area contributed by atoms with E-state index in [0.717, 1.165) is 11.6 Å². The van der Waals surface area contributed by atoms with Crippen LogP contribution in [0, 0.1) is 10.1 Å². The predicted molar refractivity (Wildman–Crippen MR) is 84.8 cm³/mol. The van der Waals surface area contributed by atoms with Gasteiger partial charge in [0.25, 0.3) is 0 Å².